The molecular formula is Tb98. The van der Waals surface area contributed by atoms with Crippen LogP contribution in [-0.4, -0.2) is 0 Å². The van der Waals surface area contributed by atoms with Crippen LogP contribution < -0.4 is 0 Å². The second-order valence-electron chi connectivity index (χ2n) is 0. The van der Waals surface area contributed by atoms with Crippen molar-refractivity contribution in [3.8, 4) is 0 Å². The molecule has 0 saturated carbocycles. The summed E-state index contributed by atoms with van der Waals surface area (Å²) in [7, 11) is 0. The summed E-state index contributed by atoms with van der Waals surface area (Å²) in [6, 6.07) is 0. The van der Waals surface area contributed by atoms with E-state index < -0.39 is 0 Å². The molecule has 0 amide bonds. The normalized spacial score (nSPS) is 0. The summed E-state index contributed by atoms with van der Waals surface area (Å²) in [6.45, 7) is 0. The molecule has 0 fully saturated rings. The van der Waals surface area contributed by atoms with Crippen molar-refractivity contribution in [1.82, 2.24) is 0 Å². The smallest absolute Gasteiger partial charge is 0 e. The molecule has 0 saturated heterocycles. The monoisotopic (exact) mass is 15600 g/mol. The Morgan fingerprint density at radius 1 is 0.0102 bits per heavy atom. The quantitative estimate of drug-likeness (QED) is 0.321. The molecule has 0 aromatic carbocycles. The van der Waals surface area contributed by atoms with Crippen LogP contribution in [-0.2, 0) is 0 Å². The van der Waals surface area contributed by atoms with E-state index in [1.807, 2.05) is 0 Å². The van der Waals surface area contributed by atoms with E-state index in [0.29, 0.717) is 0 Å². The molecule has 98 heavy (non-hydrogen) atoms. The molecule has 0 atom stereocenters. The maximum atomic E-state index is 0. The van der Waals surface area contributed by atoms with Crippen molar-refractivity contribution in [1.29, 1.82) is 0 Å². The second kappa shape index (κ2) is 692. The molecule has 0 spiro atoms. The molecular weight excluding hydrogens is 15600 g/mol. The van der Waals surface area contributed by atoms with E-state index in [4.69, 9.17) is 0 Å². The van der Waals surface area contributed by atoms with E-state index in [2.05, 4.69) is 0 Å². The minimum Gasteiger partial charge on any atom is 0 e. The molecule has 0 unspecified atom stereocenters. The molecule has 0 nitrogen and oxygen atoms in total. The van der Waals surface area contributed by atoms with Gasteiger partial charge in [-0.1, -0.05) is 0 Å². The van der Waals surface area contributed by atoms with Crippen LogP contribution >= 0.6 is 0 Å². The largest absolute Gasteiger partial charge is 0 e. The van der Waals surface area contributed by atoms with Crippen LogP contribution in [0.15, 0.2) is 0 Å². The van der Waals surface area contributed by atoms with Gasteiger partial charge in [0.1, 0.15) is 0 Å². The van der Waals surface area contributed by atoms with Crippen molar-refractivity contribution >= 4 is 0 Å². The third-order valence-corrected chi connectivity index (χ3v) is 0. The first kappa shape index (κ1) is 702. The molecule has 0 aliphatic carbocycles. The first-order chi connectivity index (χ1) is 0. The Morgan fingerprint density at radius 3 is 0.0102 bits per heavy atom. The maximum Gasteiger partial charge on any atom is 0 e. The van der Waals surface area contributed by atoms with Gasteiger partial charge in [0.05, 0.1) is 0 Å². The summed E-state index contributed by atoms with van der Waals surface area (Å²) in [5, 5.41) is 0. The Bertz CT molecular complexity index is 0. The predicted octanol–water partition coefficient (Wildman–Crippen LogP) is 0. The average Bonchev–Trinajstić information content (AvgIpc) is 0. The van der Waals surface area contributed by atoms with Gasteiger partial charge in [0.15, 0.2) is 0 Å². The van der Waals surface area contributed by atoms with Crippen molar-refractivity contribution < 1.29 is 3780 Å². The SMILES string of the molecule is [Tb].[Tb].[Tb].[Tb].[Tb].[Tb].[Tb].[Tb].[Tb].[Tb].[Tb].[Tb].[Tb].[Tb].[Tb].[Tb].[Tb].[Tb].[Tb].[Tb].[Tb].[Tb].[Tb].[Tb].[Tb].[Tb].[Tb].[Tb].[Tb].[Tb].[Tb].[Tb].[Tb].[Tb].[Tb].[Tb].[Tb].[Tb].[Tb].[Tb].[Tb].[Tb].[Tb].[Tb].[Tb].[Tb].[Tb].[Tb].[Tb].[Tb].[Tb].[Tb].[Tb].[Tb].[Tb].[Tb].[Tb].[Tb].[Tb].[Tb].[Tb].[Tb].[Tb].[Tb].[Tb].[Tb].[Tb].[Tb].[Tb].[Tb].[Tb].[Tb].[Tb].[Tb].[Tb].[Tb].[Tb].[Tb].[Tb].[Tb].[Tb].[Tb].[Tb].[Tb].[Tb].[Tb].[Tb].[Tb].[Tb].[Tb].[Tb].[Tb].[Tb].[Tb].[Tb].[Tb].[Tb].[Tb]. The topological polar surface area (TPSA) is 0 Å². The van der Waals surface area contributed by atoms with Gasteiger partial charge in [0.2, 0.25) is 0 Å². The summed E-state index contributed by atoms with van der Waals surface area (Å²) in [4.78, 5) is 0. The van der Waals surface area contributed by atoms with Crippen molar-refractivity contribution in [2.75, 3.05) is 0 Å². The van der Waals surface area contributed by atoms with Gasteiger partial charge in [-0.25, -0.2) is 0 Å². The molecule has 98 radical (unpaired) electrons. The van der Waals surface area contributed by atoms with Gasteiger partial charge in [0.25, 0.3) is 0 Å². The minimum atomic E-state index is 0. The number of rotatable bonds is 0. The third kappa shape index (κ3) is 683. The fourth-order valence-corrected chi connectivity index (χ4v) is 0. The second-order valence-corrected chi connectivity index (χ2v) is 0. The molecule has 0 aliphatic heterocycles. The average molecular weight is 15600 g/mol. The Morgan fingerprint density at radius 2 is 0.0102 bits per heavy atom. The first-order valence-corrected chi connectivity index (χ1v) is 0. The molecule has 0 aliphatic rings. The van der Waals surface area contributed by atoms with E-state index in [1.54, 1.807) is 0 Å². The van der Waals surface area contributed by atoms with E-state index in [1.165, 1.54) is 0 Å². The van der Waals surface area contributed by atoms with Crippen molar-refractivity contribution in [3.05, 3.63) is 0 Å². The first-order valence-electron chi connectivity index (χ1n) is 0. The van der Waals surface area contributed by atoms with Gasteiger partial charge in [-0.3, -0.25) is 0 Å². The third-order valence-electron chi connectivity index (χ3n) is 0. The van der Waals surface area contributed by atoms with Crippen LogP contribution in [0.5, 0.6) is 0 Å². The Balaban J connectivity index is 0. The number of hydrogen-bond acceptors (Lipinski definition) is 0. The molecule has 0 aromatic rings. The molecule has 98 heteroatoms. The van der Waals surface area contributed by atoms with Crippen LogP contribution in [0.4, 0.5) is 0 Å². The summed E-state index contributed by atoms with van der Waals surface area (Å²) in [5.41, 5.74) is 0. The zero-order chi connectivity index (χ0) is 0. The molecule has 882 valence electrons. The summed E-state index contributed by atoms with van der Waals surface area (Å²) < 4.78 is 0. The Hall–Kier alpha value is 126. The molecule has 0 rings (SSSR count). The predicted molar refractivity (Wildman–Crippen MR) is 0 cm³/mol. The fraction of sp³-hybridized carbons (Fsp3) is 0. The van der Waals surface area contributed by atoms with Gasteiger partial charge in [0, 0.05) is 3780 Å². The van der Waals surface area contributed by atoms with Gasteiger partial charge in [-0.2, -0.15) is 0 Å². The minimum absolute atomic E-state index is 0. The van der Waals surface area contributed by atoms with E-state index in [0.717, 1.165) is 0 Å². The van der Waals surface area contributed by atoms with Gasteiger partial charge < -0.3 is 0 Å². The zero-order valence-electron chi connectivity index (χ0n) is 32.7. The zero-order valence-corrected chi connectivity index (χ0v) is 242. The standard InChI is InChI=1S/98Tb. The van der Waals surface area contributed by atoms with Gasteiger partial charge in [-0.15, -0.1) is 0 Å². The van der Waals surface area contributed by atoms with Gasteiger partial charge >= 0.3 is 0 Å². The van der Waals surface area contributed by atoms with Crippen molar-refractivity contribution in [2.45, 2.75) is 0 Å². The van der Waals surface area contributed by atoms with Crippen LogP contribution in [0, 0.1) is 3780 Å². The van der Waals surface area contributed by atoms with E-state index >= 15 is 0 Å². The van der Waals surface area contributed by atoms with Crippen molar-refractivity contribution in [2.24, 2.45) is 0 Å². The maximum absolute atomic E-state index is 0. The molecule has 0 heterocycles. The van der Waals surface area contributed by atoms with Crippen LogP contribution in [0.1, 0.15) is 0 Å². The Labute approximate surface area is 3620 Å². The van der Waals surface area contributed by atoms with Gasteiger partial charge in [-0.05, 0) is 0 Å². The molecule has 0 bridgehead atoms. The van der Waals surface area contributed by atoms with Crippen LogP contribution in [0.3, 0.4) is 0 Å². The van der Waals surface area contributed by atoms with E-state index in [9.17, 15) is 0 Å². The van der Waals surface area contributed by atoms with E-state index in [-0.39, 0.29) is 3780 Å². The van der Waals surface area contributed by atoms with Crippen LogP contribution in [0.2, 0.25) is 0 Å². The van der Waals surface area contributed by atoms with Crippen molar-refractivity contribution in [3.63, 3.8) is 0 Å². The summed E-state index contributed by atoms with van der Waals surface area (Å²) >= 11 is 0. The number of hydrogen-bond donors (Lipinski definition) is 0. The Kier molecular flexibility index (Phi) is 4960. The fourth-order valence-electron chi connectivity index (χ4n) is 0. The summed E-state index contributed by atoms with van der Waals surface area (Å²) in [6.07, 6.45) is 0. The summed E-state index contributed by atoms with van der Waals surface area (Å²) in [5.74, 6) is 0. The molecule has 0 aromatic heterocycles. The van der Waals surface area contributed by atoms with Crippen LogP contribution in [0.25, 0.3) is 0 Å². The molecule has 0 N–H and O–H groups in total.